The predicted molar refractivity (Wildman–Crippen MR) is 95.6 cm³/mol. The summed E-state index contributed by atoms with van der Waals surface area (Å²) < 4.78 is 45.2. The number of benzene rings is 2. The molecule has 0 saturated heterocycles. The molecule has 1 atom stereocenters. The first-order valence-electron chi connectivity index (χ1n) is 8.09. The van der Waals surface area contributed by atoms with Gasteiger partial charge in [-0.3, -0.25) is 4.79 Å². The molecule has 0 saturated carbocycles. The number of sulfonamides is 1. The molecule has 140 valence electrons. The lowest BCUT2D eigenvalue weighted by atomic mass is 10.2. The molecule has 0 aliphatic heterocycles. The average molecular weight is 380 g/mol. The highest BCUT2D eigenvalue weighted by Crippen LogP contribution is 2.16. The van der Waals surface area contributed by atoms with Gasteiger partial charge in [-0.1, -0.05) is 12.1 Å². The molecule has 26 heavy (non-hydrogen) atoms. The molecule has 0 aromatic heterocycles. The van der Waals surface area contributed by atoms with E-state index in [9.17, 15) is 17.6 Å². The molecule has 0 unspecified atom stereocenters. The number of ether oxygens (including phenoxy) is 1. The zero-order chi connectivity index (χ0) is 19.2. The summed E-state index contributed by atoms with van der Waals surface area (Å²) in [5.74, 6) is -0.281. The number of amides is 1. The second kappa shape index (κ2) is 8.77. The van der Waals surface area contributed by atoms with Crippen molar-refractivity contribution in [2.75, 3.05) is 6.61 Å². The number of carbonyl (C=O) groups excluding carboxylic acids is 1. The molecule has 0 spiro atoms. The zero-order valence-corrected chi connectivity index (χ0v) is 15.3. The summed E-state index contributed by atoms with van der Waals surface area (Å²) in [7, 11) is -3.84. The maximum absolute atomic E-state index is 12.9. The van der Waals surface area contributed by atoms with Crippen LogP contribution in [0.3, 0.4) is 0 Å². The number of carbonyl (C=O) groups is 1. The second-order valence-corrected chi connectivity index (χ2v) is 7.31. The fourth-order valence-electron chi connectivity index (χ4n) is 2.18. The summed E-state index contributed by atoms with van der Waals surface area (Å²) in [6.45, 7) is 3.94. The van der Waals surface area contributed by atoms with E-state index in [-0.39, 0.29) is 17.3 Å². The van der Waals surface area contributed by atoms with Gasteiger partial charge in [0.05, 0.1) is 17.5 Å². The summed E-state index contributed by atoms with van der Waals surface area (Å²) in [6.07, 6.45) is 0. The van der Waals surface area contributed by atoms with Crippen LogP contribution < -0.4 is 14.8 Å². The third-order valence-corrected chi connectivity index (χ3v) is 5.11. The van der Waals surface area contributed by atoms with Crippen molar-refractivity contribution in [3.8, 4) is 5.75 Å². The largest absolute Gasteiger partial charge is 0.494 e. The molecule has 6 nitrogen and oxygen atoms in total. The Kier molecular flexibility index (Phi) is 6.70. The molecule has 1 amide bonds. The van der Waals surface area contributed by atoms with Gasteiger partial charge < -0.3 is 10.1 Å². The van der Waals surface area contributed by atoms with Crippen molar-refractivity contribution in [3.63, 3.8) is 0 Å². The minimum atomic E-state index is -3.84. The molecular formula is C18H21FN2O4S. The summed E-state index contributed by atoms with van der Waals surface area (Å²) >= 11 is 0. The van der Waals surface area contributed by atoms with Gasteiger partial charge in [0.2, 0.25) is 15.9 Å². The molecular weight excluding hydrogens is 359 g/mol. The van der Waals surface area contributed by atoms with E-state index in [0.717, 1.165) is 0 Å². The van der Waals surface area contributed by atoms with Crippen LogP contribution in [-0.4, -0.2) is 27.0 Å². The Balaban J connectivity index is 1.94. The Hall–Kier alpha value is -2.45. The van der Waals surface area contributed by atoms with Gasteiger partial charge in [0, 0.05) is 6.54 Å². The molecule has 0 fully saturated rings. The van der Waals surface area contributed by atoms with Gasteiger partial charge >= 0.3 is 0 Å². The van der Waals surface area contributed by atoms with Gasteiger partial charge in [0.1, 0.15) is 11.6 Å². The molecule has 0 aliphatic rings. The number of rotatable bonds is 8. The van der Waals surface area contributed by atoms with Crippen molar-refractivity contribution in [2.45, 2.75) is 31.3 Å². The van der Waals surface area contributed by atoms with Crippen molar-refractivity contribution < 1.29 is 22.3 Å². The number of halogens is 1. The van der Waals surface area contributed by atoms with E-state index in [1.54, 1.807) is 24.3 Å². The van der Waals surface area contributed by atoms with Gasteiger partial charge in [-0.15, -0.1) is 0 Å². The fraction of sp³-hybridized carbons (Fsp3) is 0.278. The van der Waals surface area contributed by atoms with Crippen molar-refractivity contribution >= 4 is 15.9 Å². The molecule has 0 heterocycles. The van der Waals surface area contributed by atoms with Crippen molar-refractivity contribution in [1.29, 1.82) is 0 Å². The van der Waals surface area contributed by atoms with Gasteiger partial charge in [-0.25, -0.2) is 12.8 Å². The van der Waals surface area contributed by atoms with E-state index in [1.807, 2.05) is 6.92 Å². The van der Waals surface area contributed by atoms with Crippen LogP contribution in [0.25, 0.3) is 0 Å². The van der Waals surface area contributed by atoms with Gasteiger partial charge in [0.15, 0.2) is 0 Å². The normalized spacial score (nSPS) is 12.4. The molecule has 2 aromatic carbocycles. The Bertz CT molecular complexity index is 836. The lowest BCUT2D eigenvalue weighted by molar-refractivity contribution is -0.122. The number of hydrogen-bond acceptors (Lipinski definition) is 4. The van der Waals surface area contributed by atoms with Crippen LogP contribution in [0.4, 0.5) is 4.39 Å². The highest BCUT2D eigenvalue weighted by atomic mass is 32.2. The third kappa shape index (κ3) is 5.53. The third-order valence-electron chi connectivity index (χ3n) is 3.55. The standard InChI is InChI=1S/C18H21FN2O4S/c1-3-25-16-8-10-17(11-9-16)26(23,24)21-13(2)18(22)20-12-14-4-6-15(19)7-5-14/h4-11,13,21H,3,12H2,1-2H3,(H,20,22)/t13-/m1/s1. The van der Waals surface area contributed by atoms with Gasteiger partial charge in [-0.05, 0) is 55.8 Å². The minimum Gasteiger partial charge on any atom is -0.494 e. The summed E-state index contributed by atoms with van der Waals surface area (Å²) in [5.41, 5.74) is 0.710. The first-order chi connectivity index (χ1) is 12.3. The summed E-state index contributed by atoms with van der Waals surface area (Å²) in [6, 6.07) is 10.6. The van der Waals surface area contributed by atoms with E-state index in [2.05, 4.69) is 10.0 Å². The van der Waals surface area contributed by atoms with Gasteiger partial charge in [0.25, 0.3) is 0 Å². The topological polar surface area (TPSA) is 84.5 Å². The van der Waals surface area contributed by atoms with E-state index in [1.165, 1.54) is 31.2 Å². The van der Waals surface area contributed by atoms with Crippen LogP contribution in [-0.2, 0) is 21.4 Å². The van der Waals surface area contributed by atoms with Gasteiger partial charge in [-0.2, -0.15) is 4.72 Å². The second-order valence-electron chi connectivity index (χ2n) is 5.59. The Morgan fingerprint density at radius 3 is 2.31 bits per heavy atom. The molecule has 2 rings (SSSR count). The van der Waals surface area contributed by atoms with Crippen LogP contribution in [0.2, 0.25) is 0 Å². The molecule has 0 radical (unpaired) electrons. The van der Waals surface area contributed by atoms with Crippen LogP contribution in [0, 0.1) is 5.82 Å². The number of nitrogens with one attached hydrogen (secondary N) is 2. The van der Waals surface area contributed by atoms with Crippen LogP contribution in [0.15, 0.2) is 53.4 Å². The highest BCUT2D eigenvalue weighted by molar-refractivity contribution is 7.89. The molecule has 2 aromatic rings. The zero-order valence-electron chi connectivity index (χ0n) is 14.5. The van der Waals surface area contributed by atoms with Crippen LogP contribution in [0.1, 0.15) is 19.4 Å². The maximum atomic E-state index is 12.9. The number of hydrogen-bond donors (Lipinski definition) is 2. The van der Waals surface area contributed by atoms with Crippen LogP contribution in [0.5, 0.6) is 5.75 Å². The maximum Gasteiger partial charge on any atom is 0.241 e. The fourth-order valence-corrected chi connectivity index (χ4v) is 3.38. The first kappa shape index (κ1) is 19.9. The van der Waals surface area contributed by atoms with Crippen LogP contribution >= 0.6 is 0 Å². The lowest BCUT2D eigenvalue weighted by Gasteiger charge is -2.15. The molecule has 2 N–H and O–H groups in total. The average Bonchev–Trinajstić information content (AvgIpc) is 2.61. The lowest BCUT2D eigenvalue weighted by Crippen LogP contribution is -2.44. The smallest absolute Gasteiger partial charge is 0.241 e. The van der Waals surface area contributed by atoms with E-state index in [4.69, 9.17) is 4.74 Å². The molecule has 0 aliphatic carbocycles. The Morgan fingerprint density at radius 1 is 1.12 bits per heavy atom. The van der Waals surface area contributed by atoms with E-state index in [0.29, 0.717) is 17.9 Å². The van der Waals surface area contributed by atoms with E-state index >= 15 is 0 Å². The van der Waals surface area contributed by atoms with Crippen molar-refractivity contribution in [1.82, 2.24) is 10.0 Å². The first-order valence-corrected chi connectivity index (χ1v) is 9.57. The SMILES string of the molecule is CCOc1ccc(S(=O)(=O)N[C@H](C)C(=O)NCc2ccc(F)cc2)cc1. The molecule has 8 heteroatoms. The van der Waals surface area contributed by atoms with E-state index < -0.39 is 22.0 Å². The minimum absolute atomic E-state index is 0.0409. The molecule has 0 bridgehead atoms. The highest BCUT2D eigenvalue weighted by Gasteiger charge is 2.21. The Labute approximate surface area is 152 Å². The quantitative estimate of drug-likeness (QED) is 0.735. The predicted octanol–water partition coefficient (Wildman–Crippen LogP) is 2.21. The van der Waals surface area contributed by atoms with Crippen molar-refractivity contribution in [2.24, 2.45) is 0 Å². The summed E-state index contributed by atoms with van der Waals surface area (Å²) in [4.78, 5) is 12.1. The monoisotopic (exact) mass is 380 g/mol. The Morgan fingerprint density at radius 2 is 1.73 bits per heavy atom. The van der Waals surface area contributed by atoms with Crippen molar-refractivity contribution in [3.05, 3.63) is 59.9 Å². The summed E-state index contributed by atoms with van der Waals surface area (Å²) in [5, 5.41) is 2.61.